The molecule has 0 spiro atoms. The largest absolute Gasteiger partial charge is 0.414 e. The molecule has 1 aromatic carbocycles. The van der Waals surface area contributed by atoms with Crippen LogP contribution >= 0.6 is 22.6 Å². The van der Waals surface area contributed by atoms with Gasteiger partial charge in [0.05, 0.1) is 91.9 Å². The Bertz CT molecular complexity index is 2870. The number of hydrogen-bond acceptors (Lipinski definition) is 14. The maximum absolute atomic E-state index is 13.2. The highest BCUT2D eigenvalue weighted by molar-refractivity contribution is 14.1. The second-order valence-corrected chi connectivity index (χ2v) is 63.7. The lowest BCUT2D eigenvalue weighted by atomic mass is 9.78. The van der Waals surface area contributed by atoms with E-state index in [1.165, 1.54) is 0 Å². The molecule has 576 valence electrons. The first-order valence-electron chi connectivity index (χ1n) is 38.1. The summed E-state index contributed by atoms with van der Waals surface area (Å²) in [6, 6.07) is 7.71. The molecule has 1 aromatic rings. The Morgan fingerprint density at radius 3 is 1.80 bits per heavy atom. The summed E-state index contributed by atoms with van der Waals surface area (Å²) in [5, 5.41) is -0.372. The van der Waals surface area contributed by atoms with Crippen LogP contribution < -0.4 is 0 Å². The van der Waals surface area contributed by atoms with E-state index in [2.05, 4.69) is 222 Å². The van der Waals surface area contributed by atoms with Crippen LogP contribution in [0.15, 0.2) is 63.6 Å². The van der Waals surface area contributed by atoms with Gasteiger partial charge in [-0.2, -0.15) is 0 Å². The van der Waals surface area contributed by atoms with Gasteiger partial charge in [-0.15, -0.1) is 0 Å². The standard InChI is InChI=1S/C78H141IO15SSi5/c1-51-45-55(33-37-61-52(2)46-56(86-61)34-40-68-83-43-44-84-68)87-65(53(51)3)49-66-60(69(82-19)67(88-66)48-57(91-97(22,23)75(7,8)9)50-85-96(20,21)74(4,5)6)36-35-59(54-31-30-32-58(47-54)95(80)81)62-38-39-63-70(89-62)72(93-99(26,27)77(13,14)15)73(94-100(28,29)78(16,17)18)71(90-63)64(41-42-79)92-98(24,25)76(10,11)12/h30-32,41-42,47,51,55-57,59-73H,2-3,33-40,43-46,48-50H2,1,4-29H3,(H,80,81)/b42-41+/t51-,55+,56+,57?,59+,60+,61+,62?,63+,64-,65-,66+,67-,69-,70+,71-,72?,73?/m1/s1. The zero-order chi connectivity index (χ0) is 74.9. The third kappa shape index (κ3) is 21.9. The molecule has 6 saturated heterocycles. The molecule has 6 aliphatic heterocycles. The molecule has 6 aliphatic rings. The molecular formula is C78H141IO15SSi5. The summed E-state index contributed by atoms with van der Waals surface area (Å²) in [6.07, 6.45) is 6.67. The molecular weight excluding hydrogens is 1480 g/mol. The van der Waals surface area contributed by atoms with Crippen LogP contribution in [0.3, 0.4) is 0 Å². The van der Waals surface area contributed by atoms with Crippen LogP contribution in [-0.4, -0.2) is 175 Å². The van der Waals surface area contributed by atoms with E-state index in [0.29, 0.717) is 63.2 Å². The fraction of sp³-hybridized carbons (Fsp3) is 0.846. The van der Waals surface area contributed by atoms with Gasteiger partial charge in [-0.3, -0.25) is 0 Å². The summed E-state index contributed by atoms with van der Waals surface area (Å²) in [5.41, 5.74) is 3.20. The zero-order valence-corrected chi connectivity index (χ0v) is 75.4. The molecule has 6 fully saturated rings. The molecule has 0 bridgehead atoms. The van der Waals surface area contributed by atoms with Crippen molar-refractivity contribution in [3.63, 3.8) is 0 Å². The first-order chi connectivity index (χ1) is 45.9. The van der Waals surface area contributed by atoms with Crippen molar-refractivity contribution >= 4 is 75.3 Å². The Morgan fingerprint density at radius 1 is 0.660 bits per heavy atom. The fourth-order valence-electron chi connectivity index (χ4n) is 14.2. The highest BCUT2D eigenvalue weighted by atomic mass is 127. The Hall–Kier alpha value is -0.156. The van der Waals surface area contributed by atoms with E-state index >= 15 is 0 Å². The Labute approximate surface area is 629 Å². The minimum atomic E-state index is -2.58. The molecule has 7 rings (SSSR count). The fourth-order valence-corrected chi connectivity index (χ4v) is 21.3. The number of halogens is 1. The lowest BCUT2D eigenvalue weighted by molar-refractivity contribution is -0.268. The molecule has 19 atom stereocenters. The molecule has 0 radical (unpaired) electrons. The maximum Gasteiger partial charge on any atom is 0.193 e. The number of benzene rings is 1. The summed E-state index contributed by atoms with van der Waals surface area (Å²) < 4.78 is 120. The van der Waals surface area contributed by atoms with Crippen molar-refractivity contribution in [2.24, 2.45) is 11.8 Å². The summed E-state index contributed by atoms with van der Waals surface area (Å²) in [7, 11) is -10.2. The van der Waals surface area contributed by atoms with Crippen molar-refractivity contribution in [3.8, 4) is 0 Å². The second kappa shape index (κ2) is 34.4. The quantitative estimate of drug-likeness (QED) is 0.0336. The maximum atomic E-state index is 13.2. The summed E-state index contributed by atoms with van der Waals surface area (Å²) in [4.78, 5) is 0.354. The highest BCUT2D eigenvalue weighted by Crippen LogP contribution is 2.51. The SMILES string of the molecule is C=C1C[C@H](CCC2OCCO2)O[C@H]1CC[C@H]1C[C@@H](C)C(=C)[C@@H](C[C@@H]2O[C@H](CC(CO[Si](C)(C)C(C)(C)C)O[Si](C)(C)C(C)(C)C)[C@H](OC)[C@H]2CC[C@@H](c2cccc(S(=O)O)c2)C2CC[C@@H]3O[C@H]([C@@H](/C=C/I)O[Si](C)(C)C(C)(C)C)C(O[Si](C)(C)C(C)(C)C)C(O[Si](C)(C)C(C)(C)C)[C@H]3O2)O1. The van der Waals surface area contributed by atoms with Crippen molar-refractivity contribution in [3.05, 3.63) is 64.3 Å². The van der Waals surface area contributed by atoms with E-state index in [0.717, 1.165) is 55.2 Å². The van der Waals surface area contributed by atoms with Crippen molar-refractivity contribution in [2.75, 3.05) is 26.9 Å². The van der Waals surface area contributed by atoms with Crippen LogP contribution in [0.5, 0.6) is 0 Å². The van der Waals surface area contributed by atoms with Crippen LogP contribution in [-0.2, 0) is 71.1 Å². The summed E-state index contributed by atoms with van der Waals surface area (Å²) in [6.45, 7) is 71.2. The van der Waals surface area contributed by atoms with E-state index in [4.69, 9.17) is 66.6 Å². The number of rotatable bonds is 30. The third-order valence-corrected chi connectivity index (χ3v) is 49.3. The Morgan fingerprint density at radius 2 is 1.23 bits per heavy atom. The average molecular weight is 1620 g/mol. The van der Waals surface area contributed by atoms with Gasteiger partial charge in [-0.05, 0) is 193 Å². The molecule has 100 heavy (non-hydrogen) atoms. The van der Waals surface area contributed by atoms with E-state index in [-0.39, 0.29) is 110 Å². The average Bonchev–Trinajstić information content (AvgIpc) is 0.974. The van der Waals surface area contributed by atoms with Gasteiger partial charge in [0.1, 0.15) is 24.4 Å². The minimum absolute atomic E-state index is 0.000289. The number of ether oxygens (including phenoxy) is 8. The van der Waals surface area contributed by atoms with Crippen LogP contribution in [0.1, 0.15) is 199 Å². The van der Waals surface area contributed by atoms with Gasteiger partial charge in [0.15, 0.2) is 59.0 Å². The van der Waals surface area contributed by atoms with Gasteiger partial charge in [-0.1, -0.05) is 159 Å². The Kier molecular flexibility index (Phi) is 30.0. The van der Waals surface area contributed by atoms with Crippen molar-refractivity contribution < 1.29 is 68.8 Å². The normalized spacial score (nSPS) is 31.3. The molecule has 22 heteroatoms. The Balaban J connectivity index is 1.28. The molecule has 0 aromatic heterocycles. The third-order valence-electron chi connectivity index (χ3n) is 25.8. The smallest absolute Gasteiger partial charge is 0.193 e. The van der Waals surface area contributed by atoms with Crippen LogP contribution in [0.4, 0.5) is 0 Å². The predicted octanol–water partition coefficient (Wildman–Crippen LogP) is 20.2. The highest BCUT2D eigenvalue weighted by Gasteiger charge is 2.59. The van der Waals surface area contributed by atoms with Crippen molar-refractivity contribution in [1.29, 1.82) is 0 Å². The van der Waals surface area contributed by atoms with Crippen molar-refractivity contribution in [1.82, 2.24) is 0 Å². The number of hydrogen-bond donors (Lipinski definition) is 1. The van der Waals surface area contributed by atoms with E-state index in [1.807, 2.05) is 19.2 Å². The van der Waals surface area contributed by atoms with Gasteiger partial charge in [-0.25, -0.2) is 4.21 Å². The monoisotopic (exact) mass is 1620 g/mol. The first kappa shape index (κ1) is 87.1. The molecule has 5 unspecified atom stereocenters. The number of methoxy groups -OCH3 is 1. The van der Waals surface area contributed by atoms with Gasteiger partial charge < -0.3 is 64.6 Å². The van der Waals surface area contributed by atoms with Crippen LogP contribution in [0.25, 0.3) is 0 Å². The van der Waals surface area contributed by atoms with Gasteiger partial charge in [0, 0.05) is 38.2 Å². The van der Waals surface area contributed by atoms with Gasteiger partial charge >= 0.3 is 0 Å². The van der Waals surface area contributed by atoms with E-state index < -0.39 is 83.2 Å². The van der Waals surface area contributed by atoms with Crippen LogP contribution in [0.2, 0.25) is 90.7 Å². The summed E-state index contributed by atoms with van der Waals surface area (Å²) in [5.74, 6) is -0.0921. The van der Waals surface area contributed by atoms with Gasteiger partial charge in [0.2, 0.25) is 0 Å². The van der Waals surface area contributed by atoms with Gasteiger partial charge in [0.25, 0.3) is 0 Å². The lowest BCUT2D eigenvalue weighted by Gasteiger charge is -2.56. The van der Waals surface area contributed by atoms with E-state index in [9.17, 15) is 8.76 Å². The topological polar surface area (TPSA) is 157 Å². The zero-order valence-electron chi connectivity index (χ0n) is 67.4. The first-order valence-corrected chi connectivity index (χ1v) is 55.0. The van der Waals surface area contributed by atoms with Crippen molar-refractivity contribution in [2.45, 2.75) is 387 Å². The molecule has 15 nitrogen and oxygen atoms in total. The van der Waals surface area contributed by atoms with E-state index in [1.54, 1.807) is 6.07 Å². The molecule has 0 saturated carbocycles. The molecule has 1 N–H and O–H groups in total. The van der Waals surface area contributed by atoms with Crippen LogP contribution in [0, 0.1) is 11.8 Å². The predicted molar refractivity (Wildman–Crippen MR) is 429 cm³/mol. The second-order valence-electron chi connectivity index (χ2n) is 38.2. The molecule has 6 heterocycles. The minimum Gasteiger partial charge on any atom is -0.414 e. The molecule has 0 amide bonds. The molecule has 0 aliphatic carbocycles. The number of fused-ring (bicyclic) bond motifs is 1. The summed E-state index contributed by atoms with van der Waals surface area (Å²) >= 11 is 0.114. The lowest BCUT2D eigenvalue weighted by Crippen LogP contribution is -2.69.